The lowest BCUT2D eigenvalue weighted by Crippen LogP contribution is -2.79. The summed E-state index contributed by atoms with van der Waals surface area (Å²) >= 11 is 0. The lowest BCUT2D eigenvalue weighted by atomic mass is 9.47. The highest BCUT2D eigenvalue weighted by molar-refractivity contribution is 5.90. The zero-order chi connectivity index (χ0) is 33.4. The van der Waals surface area contributed by atoms with Gasteiger partial charge in [-0.2, -0.15) is 0 Å². The van der Waals surface area contributed by atoms with Crippen LogP contribution >= 0.6 is 0 Å². The normalized spacial score (nSPS) is 32.3. The van der Waals surface area contributed by atoms with Gasteiger partial charge < -0.3 is 28.4 Å². The molecule has 1 saturated heterocycles. The highest BCUT2D eigenvalue weighted by Crippen LogP contribution is 2.68. The molecule has 246 valence electrons. The van der Waals surface area contributed by atoms with Crippen molar-refractivity contribution in [3.63, 3.8) is 0 Å². The van der Waals surface area contributed by atoms with Crippen molar-refractivity contribution in [3.8, 4) is 0 Å². The molecule has 0 amide bonds. The summed E-state index contributed by atoms with van der Waals surface area (Å²) in [4.78, 5) is 65.7. The van der Waals surface area contributed by atoms with Crippen LogP contribution < -0.4 is 0 Å². The molecular formula is C35H40O11. The average Bonchev–Trinajstić information content (AvgIpc) is 3.19. The Kier molecular flexibility index (Phi) is 9.01. The number of fused-ring (bicyclic) bond motifs is 1. The Morgan fingerprint density at radius 2 is 1.26 bits per heavy atom. The molecule has 46 heavy (non-hydrogen) atoms. The van der Waals surface area contributed by atoms with Gasteiger partial charge in [0.1, 0.15) is 35.9 Å². The molecule has 8 atom stereocenters. The second-order valence-corrected chi connectivity index (χ2v) is 12.9. The van der Waals surface area contributed by atoms with Crippen LogP contribution in [0.4, 0.5) is 0 Å². The first-order valence-corrected chi connectivity index (χ1v) is 15.4. The lowest BCUT2D eigenvalue weighted by Gasteiger charge is -2.63. The molecule has 0 radical (unpaired) electrons. The number of carbonyl (C=O) groups excluding carboxylic acids is 5. The molecule has 0 N–H and O–H groups in total. The van der Waals surface area contributed by atoms with E-state index in [4.69, 9.17) is 28.4 Å². The Morgan fingerprint density at radius 3 is 1.78 bits per heavy atom. The van der Waals surface area contributed by atoms with E-state index < -0.39 is 89.3 Å². The minimum Gasteiger partial charge on any atom is -0.465 e. The van der Waals surface area contributed by atoms with Gasteiger partial charge in [0, 0.05) is 20.8 Å². The number of hydrogen-bond acceptors (Lipinski definition) is 11. The first-order valence-electron chi connectivity index (χ1n) is 15.4. The van der Waals surface area contributed by atoms with Crippen molar-refractivity contribution in [2.45, 2.75) is 90.0 Å². The summed E-state index contributed by atoms with van der Waals surface area (Å²) in [6.07, 6.45) is -4.12. The molecule has 1 aliphatic heterocycles. The molecule has 11 nitrogen and oxygen atoms in total. The summed E-state index contributed by atoms with van der Waals surface area (Å²) in [5.74, 6) is -4.63. The number of benzene rings is 2. The van der Waals surface area contributed by atoms with Crippen molar-refractivity contribution in [2.75, 3.05) is 6.61 Å². The molecule has 2 aliphatic carbocycles. The summed E-state index contributed by atoms with van der Waals surface area (Å²) in [6, 6.07) is 16.5. The third-order valence-electron chi connectivity index (χ3n) is 9.65. The Labute approximate surface area is 267 Å². The molecular weight excluding hydrogens is 596 g/mol. The first kappa shape index (κ1) is 33.1. The van der Waals surface area contributed by atoms with E-state index in [1.807, 2.05) is 6.92 Å². The standard InChI is InChI=1S/C35H40O11/c1-20-17-18-26(42-22(3)37)34(19-41-21(2)36)30(45-32(40)25-15-11-8-12-16-25)28(44-31(39)24-13-9-7-10-14-24)27-29(43-23(4)38)35(20,34)46-33(27,5)6/h7-16,20,26-30H,17-19H2,1-6H3/t20-,26+,27-,28-,29-,30-,34+,35-/m1/s1. The van der Waals surface area contributed by atoms with Gasteiger partial charge in [-0.15, -0.1) is 0 Å². The van der Waals surface area contributed by atoms with E-state index in [0.717, 1.165) is 0 Å². The van der Waals surface area contributed by atoms with Crippen LogP contribution in [-0.4, -0.2) is 72.1 Å². The fraction of sp³-hybridized carbons (Fsp3) is 0.514. The zero-order valence-electron chi connectivity index (χ0n) is 26.8. The molecule has 0 aromatic heterocycles. The quantitative estimate of drug-likeness (QED) is 0.300. The monoisotopic (exact) mass is 636 g/mol. The summed E-state index contributed by atoms with van der Waals surface area (Å²) in [5, 5.41) is 0. The Hall–Kier alpha value is -4.25. The van der Waals surface area contributed by atoms with Crippen LogP contribution in [0.15, 0.2) is 60.7 Å². The predicted molar refractivity (Wildman–Crippen MR) is 161 cm³/mol. The molecule has 3 fully saturated rings. The van der Waals surface area contributed by atoms with Crippen molar-refractivity contribution < 1.29 is 52.4 Å². The Morgan fingerprint density at radius 1 is 0.717 bits per heavy atom. The third-order valence-corrected chi connectivity index (χ3v) is 9.65. The first-order chi connectivity index (χ1) is 21.7. The smallest absolute Gasteiger partial charge is 0.338 e. The fourth-order valence-corrected chi connectivity index (χ4v) is 8.02. The van der Waals surface area contributed by atoms with Gasteiger partial charge in [-0.25, -0.2) is 9.59 Å². The van der Waals surface area contributed by atoms with E-state index in [-0.39, 0.29) is 17.5 Å². The zero-order valence-corrected chi connectivity index (χ0v) is 26.8. The van der Waals surface area contributed by atoms with Crippen LogP contribution in [0, 0.1) is 17.3 Å². The summed E-state index contributed by atoms with van der Waals surface area (Å²) < 4.78 is 37.6. The Balaban J connectivity index is 1.81. The molecule has 1 spiro atoms. The second kappa shape index (κ2) is 12.5. The highest BCUT2D eigenvalue weighted by atomic mass is 16.6. The maximum Gasteiger partial charge on any atom is 0.338 e. The predicted octanol–water partition coefficient (Wildman–Crippen LogP) is 4.46. The number of carbonyl (C=O) groups is 5. The van der Waals surface area contributed by atoms with Crippen LogP contribution in [0.2, 0.25) is 0 Å². The van der Waals surface area contributed by atoms with Gasteiger partial charge in [0.05, 0.1) is 22.6 Å². The SMILES string of the molecule is CC(=O)OC[C@@]12[C@@H](OC(C)=O)CC[C@@H](C)[C@]13OC(C)(C)[C@H]([C@@H](OC(=O)c1ccccc1)[C@H]2OC(=O)c1ccccc1)[C@H]3OC(C)=O. The minimum atomic E-state index is -1.70. The van der Waals surface area contributed by atoms with E-state index in [1.54, 1.807) is 74.5 Å². The van der Waals surface area contributed by atoms with Crippen LogP contribution in [0.5, 0.6) is 0 Å². The molecule has 2 bridgehead atoms. The molecule has 0 unspecified atom stereocenters. The van der Waals surface area contributed by atoms with Crippen molar-refractivity contribution >= 4 is 29.8 Å². The molecule has 2 saturated carbocycles. The molecule has 3 aliphatic rings. The van der Waals surface area contributed by atoms with Crippen molar-refractivity contribution in [1.29, 1.82) is 0 Å². The number of esters is 5. The van der Waals surface area contributed by atoms with Gasteiger partial charge in [0.15, 0.2) is 6.10 Å². The highest BCUT2D eigenvalue weighted by Gasteiger charge is 2.84. The molecule has 5 rings (SSSR count). The van der Waals surface area contributed by atoms with Crippen molar-refractivity contribution in [3.05, 3.63) is 71.8 Å². The number of ether oxygens (including phenoxy) is 6. The van der Waals surface area contributed by atoms with Crippen molar-refractivity contribution in [2.24, 2.45) is 17.3 Å². The van der Waals surface area contributed by atoms with Gasteiger partial charge in [0.2, 0.25) is 0 Å². The number of hydrogen-bond donors (Lipinski definition) is 0. The molecule has 11 heteroatoms. The van der Waals surface area contributed by atoms with Gasteiger partial charge in [0.25, 0.3) is 0 Å². The maximum absolute atomic E-state index is 13.9. The third kappa shape index (κ3) is 5.55. The maximum atomic E-state index is 13.9. The summed E-state index contributed by atoms with van der Waals surface area (Å²) in [6.45, 7) is 8.75. The van der Waals surface area contributed by atoms with E-state index >= 15 is 0 Å². The van der Waals surface area contributed by atoms with Crippen LogP contribution in [-0.2, 0) is 42.8 Å². The van der Waals surface area contributed by atoms with Gasteiger partial charge >= 0.3 is 29.8 Å². The molecule has 2 aromatic carbocycles. The van der Waals surface area contributed by atoms with Gasteiger partial charge in [-0.1, -0.05) is 43.3 Å². The fourth-order valence-electron chi connectivity index (χ4n) is 8.02. The van der Waals surface area contributed by atoms with E-state index in [1.165, 1.54) is 20.8 Å². The van der Waals surface area contributed by atoms with Crippen LogP contribution in [0.1, 0.15) is 75.1 Å². The molecule has 1 heterocycles. The van der Waals surface area contributed by atoms with Crippen LogP contribution in [0.3, 0.4) is 0 Å². The largest absolute Gasteiger partial charge is 0.465 e. The minimum absolute atomic E-state index is 0.217. The number of rotatable bonds is 8. The lowest BCUT2D eigenvalue weighted by molar-refractivity contribution is -0.313. The summed E-state index contributed by atoms with van der Waals surface area (Å²) in [5.41, 5.74) is -3.91. The van der Waals surface area contributed by atoms with Gasteiger partial charge in [-0.3, -0.25) is 14.4 Å². The topological polar surface area (TPSA) is 141 Å². The Bertz CT molecular complexity index is 1490. The van der Waals surface area contributed by atoms with E-state index in [0.29, 0.717) is 6.42 Å². The summed E-state index contributed by atoms with van der Waals surface area (Å²) in [7, 11) is 0. The van der Waals surface area contributed by atoms with Gasteiger partial charge in [-0.05, 0) is 56.9 Å². The molecule has 2 aromatic rings. The second-order valence-electron chi connectivity index (χ2n) is 12.9. The van der Waals surface area contributed by atoms with Crippen molar-refractivity contribution in [1.82, 2.24) is 0 Å². The average molecular weight is 637 g/mol. The van der Waals surface area contributed by atoms with Crippen LogP contribution in [0.25, 0.3) is 0 Å². The van der Waals surface area contributed by atoms with E-state index in [2.05, 4.69) is 0 Å². The van der Waals surface area contributed by atoms with E-state index in [9.17, 15) is 24.0 Å².